The fraction of sp³-hybridized carbons (Fsp3) is 0.755. The van der Waals surface area contributed by atoms with Crippen LogP contribution in [-0.4, -0.2) is 34.9 Å². The van der Waals surface area contributed by atoms with E-state index in [9.17, 15) is 15.0 Å². The van der Waals surface area contributed by atoms with Gasteiger partial charge in [0.25, 0.3) is 0 Å². The zero-order valence-electron chi connectivity index (χ0n) is 37.8. The maximum absolute atomic E-state index is 12.3. The number of hydrogen-bond acceptors (Lipinski definition) is 3. The molecule has 330 valence electrons. The first-order valence-corrected chi connectivity index (χ1v) is 24.7. The Kier molecular flexibility index (Phi) is 46.4. The lowest BCUT2D eigenvalue weighted by atomic mass is 10.0. The summed E-state index contributed by atoms with van der Waals surface area (Å²) < 4.78 is 0. The minimum Gasteiger partial charge on any atom is -0.394 e. The van der Waals surface area contributed by atoms with Crippen molar-refractivity contribution in [3.05, 3.63) is 72.9 Å². The van der Waals surface area contributed by atoms with Crippen LogP contribution in [0.1, 0.15) is 239 Å². The number of unbranched alkanes of at least 4 members (excludes halogenated alkanes) is 28. The third-order valence-corrected chi connectivity index (χ3v) is 11.0. The number of aliphatic hydroxyl groups excluding tert-OH is 2. The van der Waals surface area contributed by atoms with E-state index < -0.39 is 12.1 Å². The standard InChI is InChI=1S/C53H95NO3/c1-3-5-7-9-11-13-15-17-19-20-21-22-23-24-25-26-27-28-29-30-31-32-33-35-36-38-40-42-44-46-48-52(56)51(50-55)54-53(57)49-47-45-43-41-39-37-34-18-16-14-12-10-8-6-4-2/h6,8,12,14,18,34,39,41,45-48,51-52,55-56H,3-5,7,9-11,13,15-17,19-33,35-38,40,42-44,49-50H2,1-2H3,(H,54,57)/b8-6-,14-12-,34-18-,41-39-,47-45-,48-46+. The van der Waals surface area contributed by atoms with Gasteiger partial charge in [-0.1, -0.05) is 260 Å². The maximum atomic E-state index is 12.3. The molecule has 2 unspecified atom stereocenters. The van der Waals surface area contributed by atoms with E-state index >= 15 is 0 Å². The van der Waals surface area contributed by atoms with Gasteiger partial charge in [0.05, 0.1) is 18.8 Å². The van der Waals surface area contributed by atoms with Crippen molar-refractivity contribution in [3.63, 3.8) is 0 Å². The molecule has 0 aliphatic carbocycles. The van der Waals surface area contributed by atoms with Gasteiger partial charge in [0.2, 0.25) is 5.91 Å². The fourth-order valence-electron chi connectivity index (χ4n) is 7.25. The van der Waals surface area contributed by atoms with E-state index in [4.69, 9.17) is 0 Å². The van der Waals surface area contributed by atoms with Crippen molar-refractivity contribution in [2.45, 2.75) is 251 Å². The molecular weight excluding hydrogens is 699 g/mol. The first-order valence-electron chi connectivity index (χ1n) is 24.7. The zero-order chi connectivity index (χ0) is 41.4. The lowest BCUT2D eigenvalue weighted by Crippen LogP contribution is -2.44. The molecular formula is C53H95NO3. The summed E-state index contributed by atoms with van der Waals surface area (Å²) in [6.45, 7) is 4.16. The summed E-state index contributed by atoms with van der Waals surface area (Å²) in [5.74, 6) is -0.191. The lowest BCUT2D eigenvalue weighted by Gasteiger charge is -2.19. The first-order chi connectivity index (χ1) is 28.2. The van der Waals surface area contributed by atoms with Crippen molar-refractivity contribution < 1.29 is 15.0 Å². The highest BCUT2D eigenvalue weighted by atomic mass is 16.3. The average Bonchev–Trinajstić information content (AvgIpc) is 3.22. The summed E-state index contributed by atoms with van der Waals surface area (Å²) in [4.78, 5) is 12.3. The van der Waals surface area contributed by atoms with Crippen LogP contribution in [0.5, 0.6) is 0 Å². The lowest BCUT2D eigenvalue weighted by molar-refractivity contribution is -0.122. The summed E-state index contributed by atoms with van der Waals surface area (Å²) in [5.41, 5.74) is 0. The number of aliphatic hydroxyl groups is 2. The summed E-state index contributed by atoms with van der Waals surface area (Å²) in [5, 5.41) is 22.9. The molecule has 4 heteroatoms. The molecule has 0 bridgehead atoms. The molecule has 0 saturated heterocycles. The van der Waals surface area contributed by atoms with Gasteiger partial charge in [0, 0.05) is 6.42 Å². The molecule has 0 aromatic heterocycles. The normalized spacial score (nSPS) is 13.5. The van der Waals surface area contributed by atoms with Crippen LogP contribution in [0.3, 0.4) is 0 Å². The van der Waals surface area contributed by atoms with Crippen LogP contribution in [0, 0.1) is 0 Å². The van der Waals surface area contributed by atoms with E-state index in [0.717, 1.165) is 44.9 Å². The fourth-order valence-corrected chi connectivity index (χ4v) is 7.25. The largest absolute Gasteiger partial charge is 0.394 e. The number of allylic oxidation sites excluding steroid dienone is 10. The van der Waals surface area contributed by atoms with Crippen LogP contribution in [0.4, 0.5) is 0 Å². The highest BCUT2D eigenvalue weighted by Crippen LogP contribution is 2.16. The molecule has 0 heterocycles. The molecule has 0 saturated carbocycles. The second kappa shape index (κ2) is 48.2. The molecule has 0 radical (unpaired) electrons. The van der Waals surface area contributed by atoms with Gasteiger partial charge in [-0.05, 0) is 44.9 Å². The van der Waals surface area contributed by atoms with Gasteiger partial charge < -0.3 is 15.5 Å². The van der Waals surface area contributed by atoms with E-state index in [1.165, 1.54) is 173 Å². The Morgan fingerprint density at radius 2 is 0.754 bits per heavy atom. The van der Waals surface area contributed by atoms with Crippen LogP contribution in [0.25, 0.3) is 0 Å². The van der Waals surface area contributed by atoms with Crippen molar-refractivity contribution in [1.29, 1.82) is 0 Å². The molecule has 0 spiro atoms. The smallest absolute Gasteiger partial charge is 0.224 e. The summed E-state index contributed by atoms with van der Waals surface area (Å²) in [6.07, 6.45) is 69.3. The number of hydrogen-bond donors (Lipinski definition) is 3. The van der Waals surface area contributed by atoms with E-state index in [-0.39, 0.29) is 18.9 Å². The topological polar surface area (TPSA) is 69.6 Å². The van der Waals surface area contributed by atoms with Gasteiger partial charge in [0.1, 0.15) is 0 Å². The van der Waals surface area contributed by atoms with Crippen LogP contribution in [-0.2, 0) is 4.79 Å². The van der Waals surface area contributed by atoms with Gasteiger partial charge >= 0.3 is 0 Å². The van der Waals surface area contributed by atoms with Crippen LogP contribution >= 0.6 is 0 Å². The Balaban J connectivity index is 3.55. The van der Waals surface area contributed by atoms with Crippen LogP contribution < -0.4 is 5.32 Å². The molecule has 57 heavy (non-hydrogen) atoms. The maximum Gasteiger partial charge on any atom is 0.224 e. The number of nitrogens with one attached hydrogen (secondary N) is 1. The van der Waals surface area contributed by atoms with Gasteiger partial charge in [-0.2, -0.15) is 0 Å². The predicted octanol–water partition coefficient (Wildman–Crippen LogP) is 15.9. The Morgan fingerprint density at radius 3 is 1.09 bits per heavy atom. The molecule has 0 aliphatic rings. The highest BCUT2D eigenvalue weighted by molar-refractivity contribution is 5.77. The van der Waals surface area contributed by atoms with Crippen LogP contribution in [0.2, 0.25) is 0 Å². The third-order valence-electron chi connectivity index (χ3n) is 11.0. The Labute approximate surface area is 355 Å². The molecule has 0 aromatic rings. The Bertz CT molecular complexity index is 992. The molecule has 3 N–H and O–H groups in total. The van der Waals surface area contributed by atoms with Crippen molar-refractivity contribution in [2.24, 2.45) is 0 Å². The minimum absolute atomic E-state index is 0.191. The van der Waals surface area contributed by atoms with Crippen molar-refractivity contribution in [2.75, 3.05) is 6.61 Å². The predicted molar refractivity (Wildman–Crippen MR) is 253 cm³/mol. The van der Waals surface area contributed by atoms with Crippen LogP contribution in [0.15, 0.2) is 72.9 Å². The molecule has 4 nitrogen and oxygen atoms in total. The summed E-state index contributed by atoms with van der Waals surface area (Å²) >= 11 is 0. The third kappa shape index (κ3) is 44.8. The minimum atomic E-state index is -0.883. The van der Waals surface area contributed by atoms with Gasteiger partial charge in [-0.15, -0.1) is 0 Å². The van der Waals surface area contributed by atoms with Crippen molar-refractivity contribution in [1.82, 2.24) is 5.32 Å². The van der Waals surface area contributed by atoms with E-state index in [1.54, 1.807) is 6.08 Å². The quantitative estimate of drug-likeness (QED) is 0.0425. The zero-order valence-corrected chi connectivity index (χ0v) is 37.8. The number of rotatable bonds is 44. The SMILES string of the molecule is CC/C=C\C/C=C\C/C=C\C/C=C\C/C=C\CC(=O)NC(CO)C(O)/C=C/CCCCCCCCCCCCCCCCCCCCCCCCCCCCCC. The van der Waals surface area contributed by atoms with Gasteiger partial charge in [-0.25, -0.2) is 0 Å². The second-order valence-corrected chi connectivity index (χ2v) is 16.5. The first kappa shape index (κ1) is 54.8. The van der Waals surface area contributed by atoms with Crippen molar-refractivity contribution >= 4 is 5.91 Å². The molecule has 0 rings (SSSR count). The highest BCUT2D eigenvalue weighted by Gasteiger charge is 2.17. The summed E-state index contributed by atoms with van der Waals surface area (Å²) in [6, 6.07) is -0.680. The second-order valence-electron chi connectivity index (χ2n) is 16.5. The molecule has 0 aromatic carbocycles. The van der Waals surface area contributed by atoms with E-state index in [1.807, 2.05) is 18.2 Å². The van der Waals surface area contributed by atoms with Gasteiger partial charge in [0.15, 0.2) is 0 Å². The molecule has 2 atom stereocenters. The van der Waals surface area contributed by atoms with Gasteiger partial charge in [-0.3, -0.25) is 4.79 Å². The average molecular weight is 794 g/mol. The number of carbonyl (C=O) groups excluding carboxylic acids is 1. The number of carbonyl (C=O) groups is 1. The molecule has 0 aliphatic heterocycles. The van der Waals surface area contributed by atoms with Crippen molar-refractivity contribution in [3.8, 4) is 0 Å². The Hall–Kier alpha value is -2.17. The van der Waals surface area contributed by atoms with E-state index in [0.29, 0.717) is 0 Å². The molecule has 0 fully saturated rings. The number of amides is 1. The van der Waals surface area contributed by atoms with E-state index in [2.05, 4.69) is 67.8 Å². The monoisotopic (exact) mass is 794 g/mol. The molecule has 1 amide bonds. The Morgan fingerprint density at radius 1 is 0.439 bits per heavy atom. The summed E-state index contributed by atoms with van der Waals surface area (Å²) in [7, 11) is 0.